The zero-order chi connectivity index (χ0) is 17.3. The van der Waals surface area contributed by atoms with Gasteiger partial charge in [0.05, 0.1) is 14.5 Å². The van der Waals surface area contributed by atoms with Crippen LogP contribution < -0.4 is 5.32 Å². The molecule has 0 bridgehead atoms. The van der Waals surface area contributed by atoms with Gasteiger partial charge in [-0.2, -0.15) is 12.7 Å². The molecule has 1 aromatic heterocycles. The van der Waals surface area contributed by atoms with E-state index in [0.29, 0.717) is 18.1 Å². The Bertz CT molecular complexity index is 619. The summed E-state index contributed by atoms with van der Waals surface area (Å²) in [4.78, 5) is 4.76. The van der Waals surface area contributed by atoms with Gasteiger partial charge in [0.1, 0.15) is 5.82 Å². The first-order valence-electron chi connectivity index (χ1n) is 7.55. The van der Waals surface area contributed by atoms with E-state index in [1.807, 2.05) is 20.8 Å². The molecule has 0 saturated carbocycles. The molecule has 0 amide bonds. The standard InChI is InChI=1S/C14H28ClN3O2SSi/c1-14(2,3)13-16-12(22(6)7)11(9-8-10-15)18(13)21(19,20)17(4)5/h22H,8-10H2,1-7H3. The van der Waals surface area contributed by atoms with E-state index in [1.54, 1.807) is 14.1 Å². The Morgan fingerprint density at radius 3 is 2.18 bits per heavy atom. The molecule has 1 rings (SSSR count). The second-order valence-corrected chi connectivity index (χ2v) is 12.2. The first kappa shape index (κ1) is 19.7. The third-order valence-corrected chi connectivity index (χ3v) is 7.02. The van der Waals surface area contributed by atoms with Crippen LogP contribution in [0.2, 0.25) is 13.1 Å². The summed E-state index contributed by atoms with van der Waals surface area (Å²) in [5.74, 6) is 1.12. The lowest BCUT2D eigenvalue weighted by atomic mass is 9.96. The summed E-state index contributed by atoms with van der Waals surface area (Å²) in [5.41, 5.74) is 0.473. The van der Waals surface area contributed by atoms with Gasteiger partial charge in [-0.1, -0.05) is 33.9 Å². The van der Waals surface area contributed by atoms with Gasteiger partial charge in [-0.25, -0.2) is 8.96 Å². The van der Waals surface area contributed by atoms with Crippen molar-refractivity contribution in [3.8, 4) is 0 Å². The largest absolute Gasteiger partial charge is 0.308 e. The van der Waals surface area contributed by atoms with Crippen molar-refractivity contribution in [1.29, 1.82) is 0 Å². The maximum atomic E-state index is 12.9. The Kier molecular flexibility index (Phi) is 6.28. The van der Waals surface area contributed by atoms with Crippen LogP contribution in [0.25, 0.3) is 0 Å². The maximum Gasteiger partial charge on any atom is 0.308 e. The van der Waals surface area contributed by atoms with Gasteiger partial charge < -0.3 is 0 Å². The molecule has 0 spiro atoms. The fourth-order valence-electron chi connectivity index (χ4n) is 2.27. The molecule has 1 heterocycles. The van der Waals surface area contributed by atoms with Crippen molar-refractivity contribution in [3.63, 3.8) is 0 Å². The van der Waals surface area contributed by atoms with Crippen LogP contribution >= 0.6 is 11.6 Å². The fraction of sp³-hybridized carbons (Fsp3) is 0.786. The molecule has 0 aliphatic carbocycles. The summed E-state index contributed by atoms with van der Waals surface area (Å²) in [6, 6.07) is 0. The Morgan fingerprint density at radius 1 is 1.27 bits per heavy atom. The monoisotopic (exact) mass is 365 g/mol. The molecule has 8 heteroatoms. The Morgan fingerprint density at radius 2 is 1.82 bits per heavy atom. The minimum Gasteiger partial charge on any atom is -0.241 e. The Labute approximate surface area is 141 Å². The van der Waals surface area contributed by atoms with E-state index < -0.39 is 19.0 Å². The van der Waals surface area contributed by atoms with E-state index in [0.717, 1.165) is 17.4 Å². The average molecular weight is 366 g/mol. The van der Waals surface area contributed by atoms with E-state index >= 15 is 0 Å². The van der Waals surface area contributed by atoms with E-state index in [2.05, 4.69) is 13.1 Å². The van der Waals surface area contributed by atoms with E-state index in [4.69, 9.17) is 16.6 Å². The van der Waals surface area contributed by atoms with Crippen molar-refractivity contribution in [1.82, 2.24) is 13.3 Å². The molecule has 5 nitrogen and oxygen atoms in total. The van der Waals surface area contributed by atoms with E-state index in [-0.39, 0.29) is 5.41 Å². The van der Waals surface area contributed by atoms with Crippen molar-refractivity contribution < 1.29 is 8.42 Å². The van der Waals surface area contributed by atoms with E-state index in [1.165, 1.54) is 8.28 Å². The van der Waals surface area contributed by atoms with Crippen LogP contribution in [0.1, 0.15) is 38.7 Å². The minimum absolute atomic E-state index is 0.347. The molecule has 0 aliphatic rings. The molecular weight excluding hydrogens is 338 g/mol. The number of hydrogen-bond donors (Lipinski definition) is 0. The van der Waals surface area contributed by atoms with Crippen molar-refractivity contribution in [2.24, 2.45) is 0 Å². The molecule has 1 aromatic rings. The minimum atomic E-state index is -3.60. The first-order valence-corrected chi connectivity index (χ1v) is 12.4. The highest BCUT2D eigenvalue weighted by atomic mass is 35.5. The molecular formula is C14H28ClN3O2SSi. The second-order valence-electron chi connectivity index (χ2n) is 7.02. The Hall–Kier alpha value is -0.373. The quantitative estimate of drug-likeness (QED) is 0.569. The Balaban J connectivity index is 3.74. The molecule has 0 aromatic carbocycles. The summed E-state index contributed by atoms with van der Waals surface area (Å²) < 4.78 is 28.4. The van der Waals surface area contributed by atoms with Crippen LogP contribution in [0.15, 0.2) is 0 Å². The molecule has 0 radical (unpaired) electrons. The van der Waals surface area contributed by atoms with E-state index in [9.17, 15) is 8.42 Å². The summed E-state index contributed by atoms with van der Waals surface area (Å²) in [6.07, 6.45) is 1.38. The van der Waals surface area contributed by atoms with Crippen LogP contribution in [-0.4, -0.2) is 50.5 Å². The van der Waals surface area contributed by atoms with Gasteiger partial charge in [-0.15, -0.1) is 11.6 Å². The van der Waals surface area contributed by atoms with Crippen LogP contribution in [0.3, 0.4) is 0 Å². The summed E-state index contributed by atoms with van der Waals surface area (Å²) in [6.45, 7) is 10.3. The number of aromatic nitrogens is 2. The van der Waals surface area contributed by atoms with Crippen molar-refractivity contribution >= 4 is 35.9 Å². The number of halogens is 1. The molecule has 0 saturated heterocycles. The highest BCUT2D eigenvalue weighted by Crippen LogP contribution is 2.25. The lowest BCUT2D eigenvalue weighted by Gasteiger charge is -2.23. The molecule has 0 aliphatic heterocycles. The second kappa shape index (κ2) is 7.03. The number of hydrogen-bond acceptors (Lipinski definition) is 3. The lowest BCUT2D eigenvalue weighted by Crippen LogP contribution is -2.35. The zero-order valence-corrected chi connectivity index (χ0v) is 17.4. The first-order chi connectivity index (χ1) is 9.94. The highest BCUT2D eigenvalue weighted by Gasteiger charge is 2.33. The number of nitrogens with zero attached hydrogens (tertiary/aromatic N) is 3. The lowest BCUT2D eigenvalue weighted by molar-refractivity contribution is 0.486. The third kappa shape index (κ3) is 3.93. The van der Waals surface area contributed by atoms with Crippen molar-refractivity contribution in [2.75, 3.05) is 20.0 Å². The predicted molar refractivity (Wildman–Crippen MR) is 96.5 cm³/mol. The van der Waals surface area contributed by atoms with Gasteiger partial charge in [0.2, 0.25) is 0 Å². The summed E-state index contributed by atoms with van der Waals surface area (Å²) >= 11 is 5.83. The topological polar surface area (TPSA) is 55.2 Å². The number of imidazole rings is 1. The predicted octanol–water partition coefficient (Wildman–Crippen LogP) is 1.70. The van der Waals surface area contributed by atoms with Crippen LogP contribution in [0, 0.1) is 0 Å². The molecule has 22 heavy (non-hydrogen) atoms. The van der Waals surface area contributed by atoms with Gasteiger partial charge in [0.25, 0.3) is 0 Å². The maximum absolute atomic E-state index is 12.9. The average Bonchev–Trinajstić information content (AvgIpc) is 2.75. The smallest absolute Gasteiger partial charge is 0.241 e. The summed E-state index contributed by atoms with van der Waals surface area (Å²) in [5, 5.41) is 0.987. The van der Waals surface area contributed by atoms with Crippen LogP contribution in [0.4, 0.5) is 0 Å². The van der Waals surface area contributed by atoms with Crippen molar-refractivity contribution in [3.05, 3.63) is 11.5 Å². The molecule has 128 valence electrons. The fourth-order valence-corrected chi connectivity index (χ4v) is 5.14. The number of rotatable bonds is 6. The van der Waals surface area contributed by atoms with Gasteiger partial charge in [-0.3, -0.25) is 0 Å². The summed E-state index contributed by atoms with van der Waals surface area (Å²) in [7, 11) is -1.74. The zero-order valence-electron chi connectivity index (χ0n) is 14.6. The SMILES string of the molecule is CN(C)S(=O)(=O)n1c(C(C)(C)C)nc([SiH](C)C)c1CCCCl. The third-order valence-electron chi connectivity index (χ3n) is 3.42. The van der Waals surface area contributed by atoms with Gasteiger partial charge in [-0.05, 0) is 12.8 Å². The molecule has 0 fully saturated rings. The van der Waals surface area contributed by atoms with Crippen molar-refractivity contribution in [2.45, 2.75) is 52.1 Å². The molecule has 0 N–H and O–H groups in total. The van der Waals surface area contributed by atoms with Crippen LogP contribution in [0.5, 0.6) is 0 Å². The number of alkyl halides is 1. The highest BCUT2D eigenvalue weighted by molar-refractivity contribution is 7.87. The normalized spacial score (nSPS) is 13.4. The molecule has 0 unspecified atom stereocenters. The van der Waals surface area contributed by atoms with Crippen LogP contribution in [-0.2, 0) is 22.0 Å². The molecule has 0 atom stereocenters. The van der Waals surface area contributed by atoms with Gasteiger partial charge in [0.15, 0.2) is 0 Å². The van der Waals surface area contributed by atoms with Gasteiger partial charge >= 0.3 is 10.2 Å². The van der Waals surface area contributed by atoms with Gasteiger partial charge in [0, 0.05) is 30.7 Å².